The number of likely N-dealkylation sites (tertiary alicyclic amines) is 1. The van der Waals surface area contributed by atoms with Gasteiger partial charge in [-0.05, 0) is 74.3 Å². The zero-order chi connectivity index (χ0) is 24.8. The van der Waals surface area contributed by atoms with Crippen molar-refractivity contribution in [1.29, 1.82) is 0 Å². The number of aromatic hydroxyl groups is 1. The van der Waals surface area contributed by atoms with Crippen molar-refractivity contribution in [1.82, 2.24) is 9.80 Å². The van der Waals surface area contributed by atoms with Crippen LogP contribution in [-0.2, 0) is 16.6 Å². The molecule has 7 heteroatoms. The van der Waals surface area contributed by atoms with Crippen LogP contribution < -0.4 is 4.74 Å². The number of carbonyl (C=O) groups excluding carboxylic acids is 1. The summed E-state index contributed by atoms with van der Waals surface area (Å²) in [4.78, 5) is 17.6. The first-order valence-electron chi connectivity index (χ1n) is 13.3. The fourth-order valence-electron chi connectivity index (χ4n) is 8.07. The summed E-state index contributed by atoms with van der Waals surface area (Å²) in [5.74, 6) is 1.23. The molecule has 1 amide bonds. The van der Waals surface area contributed by atoms with E-state index >= 15 is 0 Å². The minimum atomic E-state index is -0.982. The third-order valence-electron chi connectivity index (χ3n) is 9.96. The number of carbonyl (C=O) groups is 1. The van der Waals surface area contributed by atoms with Gasteiger partial charge in [0, 0.05) is 36.8 Å². The molecule has 6 atom stereocenters. The van der Waals surface area contributed by atoms with Gasteiger partial charge in [-0.15, -0.1) is 0 Å². The van der Waals surface area contributed by atoms with E-state index in [9.17, 15) is 15.0 Å². The predicted octanol–water partition coefficient (Wildman–Crippen LogP) is 3.34. The topological polar surface area (TPSA) is 86.4 Å². The second-order valence-electron chi connectivity index (χ2n) is 11.7. The fraction of sp³-hybridized carbons (Fsp3) is 0.552. The Labute approximate surface area is 211 Å². The zero-order valence-electron chi connectivity index (χ0n) is 20.9. The van der Waals surface area contributed by atoms with E-state index in [0.717, 1.165) is 43.0 Å². The first-order valence-corrected chi connectivity index (χ1v) is 13.3. The first-order chi connectivity index (χ1) is 17.3. The highest BCUT2D eigenvalue weighted by Gasteiger charge is 2.75. The summed E-state index contributed by atoms with van der Waals surface area (Å²) in [6.45, 7) is 4.08. The van der Waals surface area contributed by atoms with E-state index in [1.807, 2.05) is 19.2 Å². The van der Waals surface area contributed by atoms with E-state index in [2.05, 4.69) is 11.8 Å². The van der Waals surface area contributed by atoms with E-state index in [1.54, 1.807) is 35.6 Å². The Morgan fingerprint density at radius 2 is 2.14 bits per heavy atom. The summed E-state index contributed by atoms with van der Waals surface area (Å²) in [6.07, 6.45) is 10.8. The lowest BCUT2D eigenvalue weighted by Gasteiger charge is -2.67. The van der Waals surface area contributed by atoms with Crippen molar-refractivity contribution in [2.45, 2.75) is 68.2 Å². The number of hydrogen-bond acceptors (Lipinski definition) is 6. The van der Waals surface area contributed by atoms with Gasteiger partial charge in [0.25, 0.3) is 0 Å². The Kier molecular flexibility index (Phi) is 4.75. The quantitative estimate of drug-likeness (QED) is 0.626. The van der Waals surface area contributed by atoms with Crippen LogP contribution in [0.15, 0.2) is 41.2 Å². The highest BCUT2D eigenvalue weighted by molar-refractivity contribution is 5.92. The number of furan rings is 1. The van der Waals surface area contributed by atoms with Crippen LogP contribution in [0.3, 0.4) is 0 Å². The normalized spacial score (nSPS) is 36.5. The van der Waals surface area contributed by atoms with Gasteiger partial charge in [0.1, 0.15) is 6.10 Å². The molecule has 7 nitrogen and oxygen atoms in total. The van der Waals surface area contributed by atoms with Gasteiger partial charge in [-0.2, -0.15) is 0 Å². The molecule has 0 unspecified atom stereocenters. The van der Waals surface area contributed by atoms with Crippen LogP contribution in [0, 0.1) is 11.8 Å². The van der Waals surface area contributed by atoms with Gasteiger partial charge in [-0.1, -0.05) is 13.0 Å². The van der Waals surface area contributed by atoms with Gasteiger partial charge >= 0.3 is 0 Å². The highest BCUT2D eigenvalue weighted by Crippen LogP contribution is 2.67. The van der Waals surface area contributed by atoms with E-state index in [4.69, 9.17) is 9.15 Å². The first kappa shape index (κ1) is 22.4. The number of piperidine rings is 1. The molecule has 1 spiro atoms. The Bertz CT molecular complexity index is 1240. The molecule has 3 aliphatic carbocycles. The average molecular weight is 491 g/mol. The summed E-state index contributed by atoms with van der Waals surface area (Å²) >= 11 is 0. The fourth-order valence-corrected chi connectivity index (χ4v) is 8.07. The minimum absolute atomic E-state index is 0.0129. The van der Waals surface area contributed by atoms with Gasteiger partial charge in [0.05, 0.1) is 29.6 Å². The number of likely N-dealkylation sites (N-methyl/N-ethyl adjacent to an activating group) is 1. The van der Waals surface area contributed by atoms with E-state index in [1.165, 1.54) is 18.4 Å². The molecule has 190 valence electrons. The van der Waals surface area contributed by atoms with Crippen molar-refractivity contribution in [2.24, 2.45) is 11.8 Å². The monoisotopic (exact) mass is 490 g/mol. The van der Waals surface area contributed by atoms with Gasteiger partial charge in [-0.3, -0.25) is 9.69 Å². The molecule has 2 saturated carbocycles. The molecule has 2 aromatic rings. The van der Waals surface area contributed by atoms with Crippen LogP contribution in [0.25, 0.3) is 6.08 Å². The average Bonchev–Trinajstić information content (AvgIpc) is 3.38. The van der Waals surface area contributed by atoms with Crippen molar-refractivity contribution in [3.8, 4) is 11.5 Å². The van der Waals surface area contributed by atoms with Crippen LogP contribution in [-0.4, -0.2) is 69.8 Å². The van der Waals surface area contributed by atoms with Crippen molar-refractivity contribution in [3.05, 3.63) is 53.5 Å². The van der Waals surface area contributed by atoms with Crippen molar-refractivity contribution in [3.63, 3.8) is 0 Å². The molecule has 2 aliphatic heterocycles. The molecule has 2 bridgehead atoms. The maximum Gasteiger partial charge on any atom is 0.246 e. The van der Waals surface area contributed by atoms with Crippen molar-refractivity contribution >= 4 is 12.0 Å². The highest BCUT2D eigenvalue weighted by atomic mass is 16.5. The molecule has 2 N–H and O–H groups in total. The summed E-state index contributed by atoms with van der Waals surface area (Å²) in [5, 5.41) is 23.7. The second-order valence-corrected chi connectivity index (χ2v) is 11.7. The van der Waals surface area contributed by atoms with E-state index in [-0.39, 0.29) is 29.7 Å². The van der Waals surface area contributed by atoms with E-state index in [0.29, 0.717) is 12.2 Å². The number of aliphatic hydroxyl groups is 1. The number of hydrogen-bond donors (Lipinski definition) is 2. The number of benzene rings is 1. The van der Waals surface area contributed by atoms with Crippen LogP contribution in [0.2, 0.25) is 0 Å². The number of rotatable bonds is 5. The molecular formula is C29H34N2O5. The van der Waals surface area contributed by atoms with Crippen LogP contribution >= 0.6 is 0 Å². The molecule has 5 aliphatic rings. The number of amides is 1. The van der Waals surface area contributed by atoms with Crippen molar-refractivity contribution < 1.29 is 24.2 Å². The van der Waals surface area contributed by atoms with Crippen molar-refractivity contribution in [2.75, 3.05) is 20.1 Å². The lowest BCUT2D eigenvalue weighted by Crippen LogP contribution is -2.80. The third-order valence-corrected chi connectivity index (χ3v) is 9.96. The standard InChI is InChI=1S/C29H34N2O5/c1-17-13-21(30(2)24(33)8-5-19-9-12-35-16-19)27-28-10-11-31(15-18-3-4-18)23(29(17,28)34)14-20-6-7-22(32)26(36-27)25(20)28/h5-9,12,16-18,21,23,27,32,34H,3-4,10-11,13-15H2,1-2H3/t17-,21-,23+,27-,28-,29+/m0/s1. The molecule has 1 aromatic carbocycles. The van der Waals surface area contributed by atoms with Gasteiger partial charge in [0.15, 0.2) is 11.5 Å². The lowest BCUT2D eigenvalue weighted by atomic mass is 9.45. The minimum Gasteiger partial charge on any atom is -0.504 e. The maximum absolute atomic E-state index is 13.3. The molecule has 3 fully saturated rings. The largest absolute Gasteiger partial charge is 0.504 e. The summed E-state index contributed by atoms with van der Waals surface area (Å²) in [6, 6.07) is 5.35. The Hall–Kier alpha value is -2.77. The number of ether oxygens (including phenoxy) is 1. The Morgan fingerprint density at radius 3 is 2.89 bits per heavy atom. The van der Waals surface area contributed by atoms with Crippen LogP contribution in [0.1, 0.15) is 49.3 Å². The smallest absolute Gasteiger partial charge is 0.246 e. The Balaban J connectivity index is 1.31. The lowest BCUT2D eigenvalue weighted by molar-refractivity contribution is -0.224. The van der Waals surface area contributed by atoms with Gasteiger partial charge in [0.2, 0.25) is 5.91 Å². The molecule has 1 saturated heterocycles. The number of nitrogens with zero attached hydrogens (tertiary/aromatic N) is 2. The number of phenols is 1. The van der Waals surface area contributed by atoms with E-state index < -0.39 is 17.1 Å². The SMILES string of the molecule is C[C@H]1C[C@H](N(C)C(=O)C=Cc2ccoc2)[C@@H]2Oc3c(O)ccc4c3[C@@]23CCN(CC2CC2)[C@H](C4)[C@]13O. The molecule has 1 aromatic heterocycles. The number of phenolic OH excluding ortho intramolecular Hbond substituents is 1. The van der Waals surface area contributed by atoms with Crippen LogP contribution in [0.5, 0.6) is 11.5 Å². The second kappa shape index (κ2) is 7.62. The molecular weight excluding hydrogens is 456 g/mol. The van der Waals surface area contributed by atoms with Gasteiger partial charge in [-0.25, -0.2) is 0 Å². The molecule has 7 rings (SSSR count). The third kappa shape index (κ3) is 2.84. The Morgan fingerprint density at radius 1 is 1.31 bits per heavy atom. The zero-order valence-corrected chi connectivity index (χ0v) is 20.9. The summed E-state index contributed by atoms with van der Waals surface area (Å²) in [7, 11) is 1.83. The predicted molar refractivity (Wildman–Crippen MR) is 134 cm³/mol. The molecule has 3 heterocycles. The molecule has 36 heavy (non-hydrogen) atoms. The maximum atomic E-state index is 13.3. The van der Waals surface area contributed by atoms with Crippen LogP contribution in [0.4, 0.5) is 0 Å². The summed E-state index contributed by atoms with van der Waals surface area (Å²) < 4.78 is 11.7. The molecule has 0 radical (unpaired) electrons. The van der Waals surface area contributed by atoms with Gasteiger partial charge < -0.3 is 24.3 Å². The summed E-state index contributed by atoms with van der Waals surface area (Å²) in [5.41, 5.74) is 1.36.